The molecule has 29 heavy (non-hydrogen) atoms. The van der Waals surface area contributed by atoms with Crippen molar-refractivity contribution < 1.29 is 14.0 Å². The lowest BCUT2D eigenvalue weighted by atomic mass is 9.94. The van der Waals surface area contributed by atoms with Gasteiger partial charge in [-0.3, -0.25) is 14.7 Å². The number of oxime groups is 1. The molecule has 0 N–H and O–H groups in total. The van der Waals surface area contributed by atoms with Gasteiger partial charge in [-0.05, 0) is 31.5 Å². The fourth-order valence-electron chi connectivity index (χ4n) is 3.88. The molecular weight excluding hydrogens is 371 g/mol. The number of rotatable bonds is 4. The van der Waals surface area contributed by atoms with E-state index in [4.69, 9.17) is 4.84 Å². The summed E-state index contributed by atoms with van der Waals surface area (Å²) in [5, 5.41) is 4.04. The maximum atomic E-state index is 14.1. The van der Waals surface area contributed by atoms with Crippen LogP contribution in [-0.4, -0.2) is 58.2 Å². The number of hydrogen-bond donors (Lipinski definition) is 0. The molecule has 2 aromatic rings. The smallest absolute Gasteiger partial charge is 0.269 e. The number of carbonyl (C=O) groups excluding carboxylic acids is 1. The van der Waals surface area contributed by atoms with Crippen molar-refractivity contribution in [2.24, 2.45) is 5.16 Å². The molecule has 6 nitrogen and oxygen atoms in total. The highest BCUT2D eigenvalue weighted by Gasteiger charge is 2.45. The summed E-state index contributed by atoms with van der Waals surface area (Å²) in [7, 11) is 0. The third-order valence-corrected chi connectivity index (χ3v) is 5.49. The second kappa shape index (κ2) is 8.29. The average molecular weight is 396 g/mol. The van der Waals surface area contributed by atoms with Gasteiger partial charge in [0, 0.05) is 50.9 Å². The minimum Gasteiger partial charge on any atom is -0.379 e. The summed E-state index contributed by atoms with van der Waals surface area (Å²) in [6.45, 7) is 5.50. The van der Waals surface area contributed by atoms with Gasteiger partial charge in [-0.1, -0.05) is 29.4 Å². The largest absolute Gasteiger partial charge is 0.379 e. The van der Waals surface area contributed by atoms with Crippen molar-refractivity contribution in [3.05, 3.63) is 65.7 Å². The van der Waals surface area contributed by atoms with Crippen LogP contribution >= 0.6 is 0 Å². The Bertz CT molecular complexity index is 905. The number of benzene rings is 1. The second-order valence-electron chi connectivity index (χ2n) is 7.76. The monoisotopic (exact) mass is 396 g/mol. The van der Waals surface area contributed by atoms with Crippen molar-refractivity contribution >= 4 is 11.6 Å². The Morgan fingerprint density at radius 2 is 1.97 bits per heavy atom. The van der Waals surface area contributed by atoms with E-state index in [1.807, 2.05) is 23.1 Å². The van der Waals surface area contributed by atoms with E-state index in [2.05, 4.69) is 15.0 Å². The van der Waals surface area contributed by atoms with Crippen LogP contribution < -0.4 is 0 Å². The van der Waals surface area contributed by atoms with Crippen LogP contribution in [0.1, 0.15) is 31.0 Å². The van der Waals surface area contributed by atoms with Gasteiger partial charge in [-0.2, -0.15) is 0 Å². The maximum absolute atomic E-state index is 14.1. The van der Waals surface area contributed by atoms with E-state index in [1.165, 1.54) is 6.07 Å². The lowest BCUT2D eigenvalue weighted by molar-refractivity contribution is -0.153. The van der Waals surface area contributed by atoms with E-state index < -0.39 is 5.60 Å². The van der Waals surface area contributed by atoms with Crippen molar-refractivity contribution in [2.75, 3.05) is 26.2 Å². The summed E-state index contributed by atoms with van der Waals surface area (Å²) >= 11 is 0. The molecule has 0 spiro atoms. The van der Waals surface area contributed by atoms with Crippen LogP contribution in [0.4, 0.5) is 4.39 Å². The van der Waals surface area contributed by atoms with Crippen LogP contribution in [0, 0.1) is 5.82 Å². The van der Waals surface area contributed by atoms with E-state index in [1.54, 1.807) is 31.3 Å². The summed E-state index contributed by atoms with van der Waals surface area (Å²) < 4.78 is 14.1. The molecule has 7 heteroatoms. The van der Waals surface area contributed by atoms with E-state index >= 15 is 0 Å². The molecule has 4 rings (SSSR count). The zero-order valence-corrected chi connectivity index (χ0v) is 16.6. The highest BCUT2D eigenvalue weighted by molar-refractivity contribution is 6.05. The van der Waals surface area contributed by atoms with Gasteiger partial charge >= 0.3 is 0 Å². The molecule has 2 aliphatic heterocycles. The van der Waals surface area contributed by atoms with E-state index in [9.17, 15) is 9.18 Å². The number of carbonyl (C=O) groups is 1. The quantitative estimate of drug-likeness (QED) is 0.798. The summed E-state index contributed by atoms with van der Waals surface area (Å²) in [4.78, 5) is 27.3. The van der Waals surface area contributed by atoms with Crippen molar-refractivity contribution in [3.8, 4) is 0 Å². The van der Waals surface area contributed by atoms with Crippen LogP contribution in [0.3, 0.4) is 0 Å². The lowest BCUT2D eigenvalue weighted by Gasteiger charge is -2.29. The molecule has 1 aromatic carbocycles. The number of halogens is 1. The van der Waals surface area contributed by atoms with Crippen molar-refractivity contribution in [1.29, 1.82) is 0 Å². The highest BCUT2D eigenvalue weighted by Crippen LogP contribution is 2.30. The summed E-state index contributed by atoms with van der Waals surface area (Å²) in [5.41, 5.74) is 0.807. The molecule has 1 fully saturated rings. The Balaban J connectivity index is 1.38. The molecule has 152 valence electrons. The zero-order valence-electron chi connectivity index (χ0n) is 16.6. The normalized spacial score (nSPS) is 22.7. The molecule has 1 atom stereocenters. The highest BCUT2D eigenvalue weighted by atomic mass is 19.1. The summed E-state index contributed by atoms with van der Waals surface area (Å²) in [5.74, 6) is -0.446. The van der Waals surface area contributed by atoms with Gasteiger partial charge in [0.05, 0.1) is 11.4 Å². The third-order valence-electron chi connectivity index (χ3n) is 5.49. The first-order chi connectivity index (χ1) is 14.0. The first-order valence-corrected chi connectivity index (χ1v) is 9.97. The molecule has 3 heterocycles. The van der Waals surface area contributed by atoms with Gasteiger partial charge in [-0.15, -0.1) is 0 Å². The van der Waals surface area contributed by atoms with Gasteiger partial charge in [-0.25, -0.2) is 4.39 Å². The van der Waals surface area contributed by atoms with Crippen molar-refractivity contribution in [2.45, 2.75) is 31.9 Å². The predicted molar refractivity (Wildman–Crippen MR) is 108 cm³/mol. The first kappa shape index (κ1) is 19.5. The van der Waals surface area contributed by atoms with Crippen molar-refractivity contribution in [1.82, 2.24) is 14.8 Å². The number of amides is 1. The first-order valence-electron chi connectivity index (χ1n) is 9.97. The Hall–Kier alpha value is -2.80. The Morgan fingerprint density at radius 1 is 1.14 bits per heavy atom. The van der Waals surface area contributed by atoms with Crippen LogP contribution in [0.15, 0.2) is 53.8 Å². The number of pyridine rings is 1. The molecule has 1 aromatic heterocycles. The molecule has 0 unspecified atom stereocenters. The molecule has 2 aliphatic rings. The number of hydrogen-bond acceptors (Lipinski definition) is 5. The Kier molecular flexibility index (Phi) is 5.58. The second-order valence-corrected chi connectivity index (χ2v) is 7.76. The molecule has 0 aliphatic carbocycles. The summed E-state index contributed by atoms with van der Waals surface area (Å²) in [6.07, 6.45) is 2.95. The van der Waals surface area contributed by atoms with Gasteiger partial charge in [0.25, 0.3) is 5.91 Å². The standard InChI is InChI=1S/C22H25FN4O2/c1-22(15-20(25-29-22)18-8-2-3-9-19(18)23)21(28)27-12-6-11-26(13-14-27)16-17-7-4-5-10-24-17/h2-5,7-10H,6,11-16H2,1H3/t22-/m0/s1. The third kappa shape index (κ3) is 4.29. The SMILES string of the molecule is C[C@@]1(C(=O)N2CCCN(Cc3ccccn3)CC2)CC(c2ccccc2F)=NO1. The van der Waals surface area contributed by atoms with Crippen LogP contribution in [0.2, 0.25) is 0 Å². The molecule has 0 bridgehead atoms. The van der Waals surface area contributed by atoms with Gasteiger partial charge < -0.3 is 9.74 Å². The molecule has 1 amide bonds. The molecular formula is C22H25FN4O2. The van der Waals surface area contributed by atoms with Gasteiger partial charge in [0.1, 0.15) is 5.82 Å². The number of aromatic nitrogens is 1. The van der Waals surface area contributed by atoms with E-state index in [-0.39, 0.29) is 18.1 Å². The molecule has 0 saturated carbocycles. The van der Waals surface area contributed by atoms with E-state index in [0.29, 0.717) is 24.4 Å². The number of nitrogens with zero attached hydrogens (tertiary/aromatic N) is 4. The minimum atomic E-state index is -1.09. The van der Waals surface area contributed by atoms with Crippen LogP contribution in [-0.2, 0) is 16.2 Å². The van der Waals surface area contributed by atoms with Gasteiger partial charge in [0.2, 0.25) is 5.60 Å². The minimum absolute atomic E-state index is 0.0905. The fraction of sp³-hybridized carbons (Fsp3) is 0.409. The van der Waals surface area contributed by atoms with Crippen LogP contribution in [0.25, 0.3) is 0 Å². The van der Waals surface area contributed by atoms with Crippen molar-refractivity contribution in [3.63, 3.8) is 0 Å². The maximum Gasteiger partial charge on any atom is 0.269 e. The fourth-order valence-corrected chi connectivity index (χ4v) is 3.88. The van der Waals surface area contributed by atoms with Crippen LogP contribution in [0.5, 0.6) is 0 Å². The average Bonchev–Trinajstić information content (AvgIpc) is 2.99. The predicted octanol–water partition coefficient (Wildman–Crippen LogP) is 2.84. The lowest BCUT2D eigenvalue weighted by Crippen LogP contribution is -2.48. The Morgan fingerprint density at radius 3 is 2.76 bits per heavy atom. The molecule has 0 radical (unpaired) electrons. The topological polar surface area (TPSA) is 58.0 Å². The zero-order chi connectivity index (χ0) is 20.3. The van der Waals surface area contributed by atoms with E-state index in [0.717, 1.165) is 31.7 Å². The summed E-state index contributed by atoms with van der Waals surface area (Å²) in [6, 6.07) is 12.4. The van der Waals surface area contributed by atoms with Gasteiger partial charge in [0.15, 0.2) is 0 Å². The molecule has 1 saturated heterocycles. The Labute approximate surface area is 170 Å².